The number of rotatable bonds is 5. The van der Waals surface area contributed by atoms with Crippen molar-refractivity contribution in [1.29, 1.82) is 0 Å². The van der Waals surface area contributed by atoms with E-state index < -0.39 is 16.1 Å². The number of carbonyl (C=O) groups excluding carboxylic acids is 2. The number of methoxy groups -OCH3 is 1. The first-order chi connectivity index (χ1) is 14.4. The van der Waals surface area contributed by atoms with Crippen molar-refractivity contribution in [3.63, 3.8) is 0 Å². The number of para-hydroxylation sites is 3. The van der Waals surface area contributed by atoms with Gasteiger partial charge in [0.25, 0.3) is 10.0 Å². The largest absolute Gasteiger partial charge is 0.496 e. The second-order valence-electron chi connectivity index (χ2n) is 6.56. The highest BCUT2D eigenvalue weighted by Crippen LogP contribution is 2.37. The molecule has 0 saturated carbocycles. The van der Waals surface area contributed by atoms with Crippen molar-refractivity contribution in [2.45, 2.75) is 4.90 Å². The number of amides is 2. The number of benzene rings is 3. The van der Waals surface area contributed by atoms with Crippen LogP contribution in [0.2, 0.25) is 0 Å². The van der Waals surface area contributed by atoms with Crippen molar-refractivity contribution in [1.82, 2.24) is 0 Å². The summed E-state index contributed by atoms with van der Waals surface area (Å²) >= 11 is 0. The highest BCUT2D eigenvalue weighted by Gasteiger charge is 2.43. The van der Waals surface area contributed by atoms with Gasteiger partial charge in [0.05, 0.1) is 30.6 Å². The number of ether oxygens (including phenoxy) is 1. The summed E-state index contributed by atoms with van der Waals surface area (Å²) in [5, 5.41) is 0. The van der Waals surface area contributed by atoms with Gasteiger partial charge in [-0.05, 0) is 36.4 Å². The SMILES string of the molecule is COc1ccccc1C(=O)CN1C(=O)N(c2ccccc2)S(=O)(=O)c2ccccc21. The number of urea groups is 1. The fourth-order valence-corrected chi connectivity index (χ4v) is 4.97. The zero-order valence-corrected chi connectivity index (χ0v) is 16.9. The Bertz CT molecular complexity index is 1230. The molecule has 0 radical (unpaired) electrons. The van der Waals surface area contributed by atoms with Crippen LogP contribution >= 0.6 is 0 Å². The van der Waals surface area contributed by atoms with E-state index >= 15 is 0 Å². The van der Waals surface area contributed by atoms with Gasteiger partial charge in [0.15, 0.2) is 5.78 Å². The third-order valence-corrected chi connectivity index (χ3v) is 6.53. The molecule has 0 aliphatic carbocycles. The Hall–Kier alpha value is -3.65. The van der Waals surface area contributed by atoms with Crippen molar-refractivity contribution >= 4 is 33.2 Å². The number of nitrogens with zero attached hydrogens (tertiary/aromatic N) is 2. The third-order valence-electron chi connectivity index (χ3n) is 4.78. The molecule has 1 heterocycles. The summed E-state index contributed by atoms with van der Waals surface area (Å²) in [4.78, 5) is 27.5. The molecule has 1 aliphatic heterocycles. The molecule has 0 unspecified atom stereocenters. The first-order valence-corrected chi connectivity index (χ1v) is 10.6. The summed E-state index contributed by atoms with van der Waals surface area (Å²) in [5.41, 5.74) is 0.676. The number of fused-ring (bicyclic) bond motifs is 1. The van der Waals surface area contributed by atoms with Crippen molar-refractivity contribution in [2.75, 3.05) is 22.9 Å². The molecule has 0 N–H and O–H groups in total. The number of hydrogen-bond acceptors (Lipinski definition) is 5. The van der Waals surface area contributed by atoms with Crippen LogP contribution in [0.5, 0.6) is 5.75 Å². The molecule has 0 aromatic heterocycles. The summed E-state index contributed by atoms with van der Waals surface area (Å²) in [5.74, 6) is 0.00990. The predicted octanol–water partition coefficient (Wildman–Crippen LogP) is 3.71. The summed E-state index contributed by atoms with van der Waals surface area (Å²) in [6, 6.07) is 20.1. The molecular weight excluding hydrogens is 404 g/mol. The number of anilines is 2. The van der Waals surface area contributed by atoms with Gasteiger partial charge >= 0.3 is 6.03 Å². The molecule has 2 amide bonds. The second-order valence-corrected chi connectivity index (χ2v) is 8.32. The zero-order valence-electron chi connectivity index (χ0n) is 16.1. The number of carbonyl (C=O) groups is 2. The van der Waals surface area contributed by atoms with Crippen LogP contribution in [0.25, 0.3) is 0 Å². The van der Waals surface area contributed by atoms with Crippen molar-refractivity contribution in [2.24, 2.45) is 0 Å². The summed E-state index contributed by atoms with van der Waals surface area (Å²) in [6.45, 7) is -0.338. The second kappa shape index (κ2) is 7.64. The van der Waals surface area contributed by atoms with Gasteiger partial charge in [0.1, 0.15) is 10.6 Å². The van der Waals surface area contributed by atoms with E-state index in [1.807, 2.05) is 0 Å². The van der Waals surface area contributed by atoms with E-state index in [0.29, 0.717) is 11.3 Å². The summed E-state index contributed by atoms with van der Waals surface area (Å²) < 4.78 is 32.4. The molecule has 7 nitrogen and oxygen atoms in total. The smallest absolute Gasteiger partial charge is 0.343 e. The van der Waals surface area contributed by atoms with Gasteiger partial charge in [-0.3, -0.25) is 9.69 Å². The van der Waals surface area contributed by atoms with Gasteiger partial charge in [-0.15, -0.1) is 0 Å². The van der Waals surface area contributed by atoms with Crippen LogP contribution in [0, 0.1) is 0 Å². The van der Waals surface area contributed by atoms with Crippen LogP contribution in [0.1, 0.15) is 10.4 Å². The minimum absolute atomic E-state index is 0.0405. The molecule has 0 bridgehead atoms. The Morgan fingerprint density at radius 1 is 0.900 bits per heavy atom. The molecule has 1 aliphatic rings. The number of sulfonamides is 1. The van der Waals surface area contributed by atoms with E-state index in [9.17, 15) is 18.0 Å². The van der Waals surface area contributed by atoms with Crippen molar-refractivity contribution in [3.8, 4) is 5.75 Å². The Labute approximate surface area is 174 Å². The maximum absolute atomic E-state index is 13.3. The first-order valence-electron chi connectivity index (χ1n) is 9.12. The molecule has 30 heavy (non-hydrogen) atoms. The average Bonchev–Trinajstić information content (AvgIpc) is 2.77. The number of hydrogen-bond donors (Lipinski definition) is 0. The fourth-order valence-electron chi connectivity index (χ4n) is 3.38. The molecule has 0 fully saturated rings. The van der Waals surface area contributed by atoms with Crippen molar-refractivity contribution < 1.29 is 22.7 Å². The lowest BCUT2D eigenvalue weighted by molar-refractivity contribution is 0.0996. The zero-order chi connectivity index (χ0) is 21.3. The lowest BCUT2D eigenvalue weighted by Crippen LogP contribution is -2.52. The minimum Gasteiger partial charge on any atom is -0.496 e. The Morgan fingerprint density at radius 3 is 2.27 bits per heavy atom. The molecule has 0 atom stereocenters. The average molecular weight is 422 g/mol. The fraction of sp³-hybridized carbons (Fsp3) is 0.0909. The highest BCUT2D eigenvalue weighted by atomic mass is 32.2. The standard InChI is InChI=1S/C22H18N2O5S/c1-29-20-13-7-5-11-17(20)19(25)15-23-18-12-6-8-14-21(18)30(27,28)24(22(23)26)16-9-3-2-4-10-16/h2-14H,15H2,1H3. The van der Waals surface area contributed by atoms with Crippen LogP contribution in [-0.2, 0) is 10.0 Å². The Morgan fingerprint density at radius 2 is 1.53 bits per heavy atom. The van der Waals surface area contributed by atoms with E-state index in [4.69, 9.17) is 4.74 Å². The molecular formula is C22H18N2O5S. The quantitative estimate of drug-likeness (QED) is 0.585. The maximum Gasteiger partial charge on any atom is 0.343 e. The molecule has 8 heteroatoms. The number of Topliss-reactive ketones (excluding diaryl/α,β-unsaturated/α-hetero) is 1. The molecule has 0 saturated heterocycles. The molecule has 3 aromatic rings. The monoisotopic (exact) mass is 422 g/mol. The van der Waals surface area contributed by atoms with E-state index in [1.165, 1.54) is 36.3 Å². The minimum atomic E-state index is -4.13. The summed E-state index contributed by atoms with van der Waals surface area (Å²) in [7, 11) is -2.67. The van der Waals surface area contributed by atoms with Crippen LogP contribution < -0.4 is 13.9 Å². The topological polar surface area (TPSA) is 84.0 Å². The van der Waals surface area contributed by atoms with Gasteiger partial charge in [0.2, 0.25) is 0 Å². The normalized spacial score (nSPS) is 14.9. The van der Waals surface area contributed by atoms with E-state index in [0.717, 1.165) is 4.31 Å². The summed E-state index contributed by atoms with van der Waals surface area (Å²) in [6.07, 6.45) is 0. The molecule has 152 valence electrons. The third kappa shape index (κ3) is 3.21. The Kier molecular flexibility index (Phi) is 5.01. The van der Waals surface area contributed by atoms with Crippen LogP contribution in [0.15, 0.2) is 83.8 Å². The van der Waals surface area contributed by atoms with Crippen LogP contribution in [0.3, 0.4) is 0 Å². The predicted molar refractivity (Wildman–Crippen MR) is 113 cm³/mol. The lowest BCUT2D eigenvalue weighted by atomic mass is 10.1. The maximum atomic E-state index is 13.3. The molecule has 3 aromatic carbocycles. The lowest BCUT2D eigenvalue weighted by Gasteiger charge is -2.35. The van der Waals surface area contributed by atoms with Crippen LogP contribution in [0.4, 0.5) is 16.2 Å². The van der Waals surface area contributed by atoms with Gasteiger partial charge in [-0.2, -0.15) is 4.31 Å². The molecule has 4 rings (SSSR count). The van der Waals surface area contributed by atoms with Gasteiger partial charge in [-0.25, -0.2) is 13.2 Å². The van der Waals surface area contributed by atoms with Crippen LogP contribution in [-0.4, -0.2) is 33.9 Å². The first kappa shape index (κ1) is 19.7. The van der Waals surface area contributed by atoms with E-state index in [-0.39, 0.29) is 28.6 Å². The van der Waals surface area contributed by atoms with Gasteiger partial charge < -0.3 is 4.74 Å². The van der Waals surface area contributed by atoms with E-state index in [1.54, 1.807) is 54.6 Å². The highest BCUT2D eigenvalue weighted by molar-refractivity contribution is 7.94. The van der Waals surface area contributed by atoms with E-state index in [2.05, 4.69) is 0 Å². The Balaban J connectivity index is 1.81. The number of ketones is 1. The van der Waals surface area contributed by atoms with Crippen molar-refractivity contribution in [3.05, 3.63) is 84.4 Å². The molecule has 0 spiro atoms. The van der Waals surface area contributed by atoms with Gasteiger partial charge in [0, 0.05) is 0 Å². The van der Waals surface area contributed by atoms with Gasteiger partial charge in [-0.1, -0.05) is 42.5 Å².